The Balaban J connectivity index is 2.38. The fourth-order valence-corrected chi connectivity index (χ4v) is 6.86. The Kier molecular flexibility index (Phi) is 10.7. The van der Waals surface area contributed by atoms with Gasteiger partial charge in [0.25, 0.3) is 10.1 Å². The summed E-state index contributed by atoms with van der Waals surface area (Å²) >= 11 is 0. The summed E-state index contributed by atoms with van der Waals surface area (Å²) < 4.78 is 30.6. The molecule has 0 bridgehead atoms. The van der Waals surface area contributed by atoms with E-state index in [4.69, 9.17) is 3.87 Å². The van der Waals surface area contributed by atoms with Gasteiger partial charge in [-0.05, 0) is 44.1 Å². The van der Waals surface area contributed by atoms with Crippen LogP contribution in [0.4, 0.5) is 0 Å². The normalized spacial score (nSPS) is 12.5. The smallest absolute Gasteiger partial charge is 0.287 e. The third kappa shape index (κ3) is 9.88. The van der Waals surface area contributed by atoms with Crippen molar-refractivity contribution in [1.29, 1.82) is 0 Å². The molecule has 3 nitrogen and oxygen atoms in total. The number of unbranched alkanes of at least 4 members (excludes halogenated alkanes) is 9. The second kappa shape index (κ2) is 11.9. The molecule has 0 aliphatic heterocycles. The highest BCUT2D eigenvalue weighted by atomic mass is 32.2. The molecule has 150 valence electrons. The molecular weight excluding hydrogens is 360 g/mol. The van der Waals surface area contributed by atoms with Crippen LogP contribution in [-0.2, 0) is 20.4 Å². The van der Waals surface area contributed by atoms with Gasteiger partial charge in [0.1, 0.15) is 0 Å². The third-order valence-electron chi connectivity index (χ3n) is 4.40. The first-order valence-corrected chi connectivity index (χ1v) is 15.1. The van der Waals surface area contributed by atoms with Crippen LogP contribution in [0.1, 0.15) is 76.7 Å². The van der Waals surface area contributed by atoms with Crippen LogP contribution in [-0.4, -0.2) is 16.7 Å². The van der Waals surface area contributed by atoms with Crippen LogP contribution in [0.2, 0.25) is 19.6 Å². The molecule has 0 unspecified atom stereocenters. The first-order chi connectivity index (χ1) is 12.3. The van der Waals surface area contributed by atoms with Gasteiger partial charge in [-0.3, -0.25) is 0 Å². The van der Waals surface area contributed by atoms with E-state index in [-0.39, 0.29) is 0 Å². The van der Waals surface area contributed by atoms with E-state index >= 15 is 0 Å². The standard InChI is InChI=1S/C21H38O3SSi/c1-5-6-7-8-9-10-11-12-13-14-17-20-18-15-16-19-21(20)25(22,23)24-26(2,3)4/h15-16,18-19H,5-14,17H2,1-4H3. The second-order valence-corrected chi connectivity index (χ2v) is 14.4. The largest absolute Gasteiger partial charge is 0.312 e. The zero-order chi connectivity index (χ0) is 19.5. The van der Waals surface area contributed by atoms with Crippen molar-refractivity contribution >= 4 is 18.4 Å². The highest BCUT2D eigenvalue weighted by Crippen LogP contribution is 2.23. The highest BCUT2D eigenvalue weighted by Gasteiger charge is 2.27. The Labute approximate surface area is 162 Å². The molecule has 0 radical (unpaired) electrons. The molecule has 0 heterocycles. The monoisotopic (exact) mass is 398 g/mol. The summed E-state index contributed by atoms with van der Waals surface area (Å²) in [7, 11) is -5.80. The van der Waals surface area contributed by atoms with E-state index in [1.54, 1.807) is 12.1 Å². The molecule has 0 fully saturated rings. The molecule has 26 heavy (non-hydrogen) atoms. The quantitative estimate of drug-likeness (QED) is 0.259. The fraction of sp³-hybridized carbons (Fsp3) is 0.714. The number of benzene rings is 1. The SMILES string of the molecule is CCCCCCCCCCCCc1ccccc1S(=O)(=O)O[Si](C)(C)C. The van der Waals surface area contributed by atoms with Crippen molar-refractivity contribution in [1.82, 2.24) is 0 Å². The van der Waals surface area contributed by atoms with E-state index in [1.165, 1.54) is 51.4 Å². The number of hydrogen-bond acceptors (Lipinski definition) is 3. The van der Waals surface area contributed by atoms with Crippen molar-refractivity contribution in [2.75, 3.05) is 0 Å². The Bertz CT molecular complexity index is 606. The predicted octanol–water partition coefficient (Wildman–Crippen LogP) is 6.69. The zero-order valence-electron chi connectivity index (χ0n) is 17.2. The summed E-state index contributed by atoms with van der Waals surface area (Å²) in [6.45, 7) is 7.95. The lowest BCUT2D eigenvalue weighted by Gasteiger charge is -2.18. The van der Waals surface area contributed by atoms with Crippen LogP contribution in [0.5, 0.6) is 0 Å². The van der Waals surface area contributed by atoms with Crippen molar-refractivity contribution in [3.05, 3.63) is 29.8 Å². The van der Waals surface area contributed by atoms with Crippen LogP contribution in [0.3, 0.4) is 0 Å². The zero-order valence-corrected chi connectivity index (χ0v) is 19.0. The van der Waals surface area contributed by atoms with Gasteiger partial charge in [0.2, 0.25) is 8.32 Å². The summed E-state index contributed by atoms with van der Waals surface area (Å²) in [5.41, 5.74) is 0.894. The van der Waals surface area contributed by atoms with Crippen molar-refractivity contribution in [3.8, 4) is 0 Å². The maximum Gasteiger partial charge on any atom is 0.287 e. The van der Waals surface area contributed by atoms with E-state index in [1.807, 2.05) is 31.8 Å². The lowest BCUT2D eigenvalue weighted by Crippen LogP contribution is -2.29. The van der Waals surface area contributed by atoms with Gasteiger partial charge in [0.15, 0.2) is 0 Å². The lowest BCUT2D eigenvalue weighted by molar-refractivity contribution is 0.484. The van der Waals surface area contributed by atoms with Gasteiger partial charge in [-0.1, -0.05) is 82.9 Å². The van der Waals surface area contributed by atoms with E-state index in [0.717, 1.165) is 24.8 Å². The molecule has 1 rings (SSSR count). The van der Waals surface area contributed by atoms with E-state index < -0.39 is 18.4 Å². The van der Waals surface area contributed by atoms with Gasteiger partial charge in [0.05, 0.1) is 4.90 Å². The molecule has 1 aromatic carbocycles. The van der Waals surface area contributed by atoms with Crippen molar-refractivity contribution in [3.63, 3.8) is 0 Å². The molecule has 1 aromatic rings. The Morgan fingerprint density at radius 1 is 0.808 bits per heavy atom. The van der Waals surface area contributed by atoms with E-state index in [0.29, 0.717) is 4.90 Å². The van der Waals surface area contributed by atoms with Crippen molar-refractivity contribution in [2.24, 2.45) is 0 Å². The topological polar surface area (TPSA) is 43.4 Å². The van der Waals surface area contributed by atoms with Gasteiger partial charge in [-0.25, -0.2) is 0 Å². The van der Waals surface area contributed by atoms with Crippen molar-refractivity contribution in [2.45, 2.75) is 102 Å². The molecule has 0 N–H and O–H groups in total. The lowest BCUT2D eigenvalue weighted by atomic mass is 10.0. The average Bonchev–Trinajstić information content (AvgIpc) is 2.55. The summed E-state index contributed by atoms with van der Waals surface area (Å²) in [6.07, 6.45) is 13.7. The fourth-order valence-electron chi connectivity index (χ4n) is 3.13. The van der Waals surface area contributed by atoms with Crippen LogP contribution in [0, 0.1) is 0 Å². The van der Waals surface area contributed by atoms with Crippen molar-refractivity contribution < 1.29 is 12.3 Å². The molecule has 0 saturated carbocycles. The molecule has 0 amide bonds. The highest BCUT2D eigenvalue weighted by molar-refractivity contribution is 7.87. The minimum Gasteiger partial charge on any atom is -0.312 e. The Hall–Kier alpha value is -0.653. The molecule has 0 spiro atoms. The van der Waals surface area contributed by atoms with E-state index in [2.05, 4.69) is 6.92 Å². The number of hydrogen-bond donors (Lipinski definition) is 0. The number of rotatable bonds is 14. The maximum atomic E-state index is 12.6. The number of aryl methyl sites for hydroxylation is 1. The molecule has 5 heteroatoms. The minimum absolute atomic E-state index is 0.360. The first kappa shape index (κ1) is 23.4. The van der Waals surface area contributed by atoms with Crippen LogP contribution in [0.25, 0.3) is 0 Å². The summed E-state index contributed by atoms with van der Waals surface area (Å²) in [6, 6.07) is 7.30. The first-order valence-electron chi connectivity index (χ1n) is 10.3. The van der Waals surface area contributed by atoms with Crippen LogP contribution in [0.15, 0.2) is 29.2 Å². The minimum atomic E-state index is -3.65. The van der Waals surface area contributed by atoms with Crippen LogP contribution < -0.4 is 0 Å². The van der Waals surface area contributed by atoms with Gasteiger partial charge < -0.3 is 3.87 Å². The van der Waals surface area contributed by atoms with Gasteiger partial charge >= 0.3 is 0 Å². The maximum absolute atomic E-state index is 12.6. The molecule has 0 aliphatic rings. The van der Waals surface area contributed by atoms with Gasteiger partial charge in [-0.2, -0.15) is 8.42 Å². The third-order valence-corrected chi connectivity index (χ3v) is 8.22. The second-order valence-electron chi connectivity index (χ2n) is 8.19. The molecule has 0 atom stereocenters. The summed E-state index contributed by atoms with van der Waals surface area (Å²) in [5.74, 6) is 0. The Morgan fingerprint density at radius 2 is 1.31 bits per heavy atom. The average molecular weight is 399 g/mol. The van der Waals surface area contributed by atoms with E-state index in [9.17, 15) is 8.42 Å². The summed E-state index contributed by atoms with van der Waals surface area (Å²) in [4.78, 5) is 0.360. The molecule has 0 saturated heterocycles. The summed E-state index contributed by atoms with van der Waals surface area (Å²) in [5, 5.41) is 0. The Morgan fingerprint density at radius 3 is 1.85 bits per heavy atom. The van der Waals surface area contributed by atoms with Crippen LogP contribution >= 0.6 is 0 Å². The predicted molar refractivity (Wildman–Crippen MR) is 114 cm³/mol. The molecular formula is C21H38O3SSi. The molecule has 0 aromatic heterocycles. The molecule has 0 aliphatic carbocycles. The van der Waals surface area contributed by atoms with Gasteiger partial charge in [0, 0.05) is 0 Å². The van der Waals surface area contributed by atoms with Gasteiger partial charge in [-0.15, -0.1) is 0 Å².